The SMILES string of the molecule is COc1ccc(C(=C=C2c3ccccc3-c3ccccc32)[C@@]23CCO[C@]2(C)Nc2ccccc23)cc1. The Bertz CT molecular complexity index is 1530. The summed E-state index contributed by atoms with van der Waals surface area (Å²) in [5.74, 6) is 0.843. The fraction of sp³-hybridized carbons (Fsp3) is 0.182. The molecule has 0 amide bonds. The van der Waals surface area contributed by atoms with Crippen molar-refractivity contribution in [3.63, 3.8) is 0 Å². The van der Waals surface area contributed by atoms with Gasteiger partial charge in [-0.15, -0.1) is 5.73 Å². The lowest BCUT2D eigenvalue weighted by Crippen LogP contribution is -2.47. The van der Waals surface area contributed by atoms with Crippen LogP contribution in [0.1, 0.15) is 35.6 Å². The molecular formula is C33H27NO2. The molecule has 0 radical (unpaired) electrons. The molecule has 0 saturated carbocycles. The number of methoxy groups -OCH3 is 1. The molecule has 2 aliphatic heterocycles. The average molecular weight is 470 g/mol. The van der Waals surface area contributed by atoms with E-state index in [1.54, 1.807) is 7.11 Å². The topological polar surface area (TPSA) is 30.5 Å². The monoisotopic (exact) mass is 469 g/mol. The Labute approximate surface area is 211 Å². The molecule has 1 saturated heterocycles. The number of hydrogen-bond acceptors (Lipinski definition) is 3. The Morgan fingerprint density at radius 1 is 0.806 bits per heavy atom. The van der Waals surface area contributed by atoms with E-state index in [0.717, 1.165) is 34.6 Å². The number of benzene rings is 4. The molecule has 3 aliphatic rings. The van der Waals surface area contributed by atoms with Gasteiger partial charge in [-0.2, -0.15) is 0 Å². The summed E-state index contributed by atoms with van der Waals surface area (Å²) in [6, 6.07) is 34.3. The minimum Gasteiger partial charge on any atom is -0.497 e. The van der Waals surface area contributed by atoms with Crippen molar-refractivity contribution in [1.82, 2.24) is 0 Å². The lowest BCUT2D eigenvalue weighted by Gasteiger charge is -2.38. The van der Waals surface area contributed by atoms with Gasteiger partial charge in [-0.3, -0.25) is 0 Å². The first kappa shape index (κ1) is 21.3. The summed E-state index contributed by atoms with van der Waals surface area (Å²) in [7, 11) is 1.71. The molecule has 3 heteroatoms. The second-order valence-electron chi connectivity index (χ2n) is 9.90. The number of nitrogens with one attached hydrogen (secondary N) is 1. The van der Waals surface area contributed by atoms with Gasteiger partial charge in [-0.1, -0.05) is 78.9 Å². The molecular weight excluding hydrogens is 442 g/mol. The van der Waals surface area contributed by atoms with Crippen LogP contribution in [0.4, 0.5) is 5.69 Å². The molecule has 1 aliphatic carbocycles. The fourth-order valence-electron chi connectivity index (χ4n) is 6.48. The van der Waals surface area contributed by atoms with Gasteiger partial charge in [0.25, 0.3) is 0 Å². The van der Waals surface area contributed by atoms with Crippen molar-refractivity contribution in [2.75, 3.05) is 19.0 Å². The molecule has 3 nitrogen and oxygen atoms in total. The predicted octanol–water partition coefficient (Wildman–Crippen LogP) is 7.29. The maximum atomic E-state index is 6.50. The average Bonchev–Trinajstić information content (AvgIpc) is 3.51. The molecule has 0 spiro atoms. The summed E-state index contributed by atoms with van der Waals surface area (Å²) in [5, 5.41) is 3.73. The third-order valence-corrected chi connectivity index (χ3v) is 8.18. The van der Waals surface area contributed by atoms with Crippen LogP contribution in [0.25, 0.3) is 22.3 Å². The van der Waals surface area contributed by atoms with Crippen LogP contribution < -0.4 is 10.1 Å². The van der Waals surface area contributed by atoms with E-state index < -0.39 is 11.1 Å². The lowest BCUT2D eigenvalue weighted by molar-refractivity contribution is 0.0274. The van der Waals surface area contributed by atoms with Crippen LogP contribution in [0, 0.1) is 0 Å². The summed E-state index contributed by atoms with van der Waals surface area (Å²) in [5.41, 5.74) is 13.8. The Morgan fingerprint density at radius 2 is 1.42 bits per heavy atom. The van der Waals surface area contributed by atoms with Gasteiger partial charge >= 0.3 is 0 Å². The number of ether oxygens (including phenoxy) is 2. The number of hydrogen-bond donors (Lipinski definition) is 1. The van der Waals surface area contributed by atoms with Gasteiger partial charge in [-0.25, -0.2) is 0 Å². The van der Waals surface area contributed by atoms with Crippen molar-refractivity contribution in [2.24, 2.45) is 0 Å². The quantitative estimate of drug-likeness (QED) is 0.282. The highest BCUT2D eigenvalue weighted by atomic mass is 16.5. The van der Waals surface area contributed by atoms with Crippen LogP contribution in [0.2, 0.25) is 0 Å². The molecule has 4 aromatic rings. The lowest BCUT2D eigenvalue weighted by atomic mass is 9.66. The first-order valence-corrected chi connectivity index (χ1v) is 12.5. The summed E-state index contributed by atoms with van der Waals surface area (Å²) in [6.45, 7) is 2.87. The summed E-state index contributed by atoms with van der Waals surface area (Å²) >= 11 is 0. The Balaban J connectivity index is 1.61. The van der Waals surface area contributed by atoms with Gasteiger partial charge in [0.05, 0.1) is 19.1 Å². The van der Waals surface area contributed by atoms with Crippen molar-refractivity contribution < 1.29 is 9.47 Å². The van der Waals surface area contributed by atoms with Crippen molar-refractivity contribution in [1.29, 1.82) is 0 Å². The Kier molecular flexibility index (Phi) is 4.56. The highest BCUT2D eigenvalue weighted by molar-refractivity contribution is 6.03. The van der Waals surface area contributed by atoms with Crippen LogP contribution in [0.5, 0.6) is 5.75 Å². The number of anilines is 1. The molecule has 0 bridgehead atoms. The van der Waals surface area contributed by atoms with E-state index in [0.29, 0.717) is 6.61 Å². The third kappa shape index (κ3) is 2.79. The van der Waals surface area contributed by atoms with Gasteiger partial charge in [0.1, 0.15) is 11.5 Å². The summed E-state index contributed by atoms with van der Waals surface area (Å²) in [4.78, 5) is 0. The molecule has 2 heterocycles. The first-order valence-electron chi connectivity index (χ1n) is 12.5. The molecule has 4 aromatic carbocycles. The Hall–Kier alpha value is -4.04. The molecule has 1 N–H and O–H groups in total. The third-order valence-electron chi connectivity index (χ3n) is 8.18. The molecule has 36 heavy (non-hydrogen) atoms. The van der Waals surface area contributed by atoms with Crippen molar-refractivity contribution in [3.8, 4) is 16.9 Å². The van der Waals surface area contributed by atoms with E-state index in [1.165, 1.54) is 27.8 Å². The molecule has 0 aromatic heterocycles. The van der Waals surface area contributed by atoms with E-state index in [2.05, 4.69) is 103 Å². The second-order valence-corrected chi connectivity index (χ2v) is 9.90. The second kappa shape index (κ2) is 7.73. The maximum Gasteiger partial charge on any atom is 0.150 e. The fourth-order valence-corrected chi connectivity index (χ4v) is 6.48. The highest BCUT2D eigenvalue weighted by Gasteiger charge is 2.62. The van der Waals surface area contributed by atoms with Crippen LogP contribution in [0.3, 0.4) is 0 Å². The normalized spacial score (nSPS) is 22.7. The van der Waals surface area contributed by atoms with Crippen LogP contribution >= 0.6 is 0 Å². The van der Waals surface area contributed by atoms with Crippen molar-refractivity contribution in [2.45, 2.75) is 24.5 Å². The van der Waals surface area contributed by atoms with E-state index in [9.17, 15) is 0 Å². The first-order chi connectivity index (χ1) is 17.6. The van der Waals surface area contributed by atoms with Gasteiger partial charge < -0.3 is 14.8 Å². The van der Waals surface area contributed by atoms with E-state index in [4.69, 9.17) is 9.47 Å². The number of rotatable bonds is 3. The number of fused-ring (bicyclic) bond motifs is 6. The van der Waals surface area contributed by atoms with Crippen LogP contribution in [0.15, 0.2) is 103 Å². The van der Waals surface area contributed by atoms with Gasteiger partial charge in [-0.05, 0) is 64.9 Å². The molecule has 1 fully saturated rings. The Morgan fingerprint density at radius 3 is 2.08 bits per heavy atom. The zero-order valence-corrected chi connectivity index (χ0v) is 20.5. The van der Waals surface area contributed by atoms with Crippen LogP contribution in [-0.2, 0) is 10.2 Å². The minimum atomic E-state index is -0.572. The van der Waals surface area contributed by atoms with E-state index in [-0.39, 0.29) is 0 Å². The smallest absolute Gasteiger partial charge is 0.150 e. The predicted molar refractivity (Wildman–Crippen MR) is 145 cm³/mol. The molecule has 7 rings (SSSR count). The summed E-state index contributed by atoms with van der Waals surface area (Å²) in [6.07, 6.45) is 0.873. The van der Waals surface area contributed by atoms with Gasteiger partial charge in [0.15, 0.2) is 0 Å². The zero-order valence-electron chi connectivity index (χ0n) is 20.5. The molecule has 0 unspecified atom stereocenters. The molecule has 2 atom stereocenters. The van der Waals surface area contributed by atoms with E-state index >= 15 is 0 Å². The molecule has 176 valence electrons. The maximum absolute atomic E-state index is 6.50. The van der Waals surface area contributed by atoms with Crippen LogP contribution in [-0.4, -0.2) is 19.4 Å². The highest BCUT2D eigenvalue weighted by Crippen LogP contribution is 2.60. The summed E-state index contributed by atoms with van der Waals surface area (Å²) < 4.78 is 12.0. The minimum absolute atomic E-state index is 0.391. The van der Waals surface area contributed by atoms with Gasteiger partial charge in [0, 0.05) is 16.8 Å². The standard InChI is InChI=1S/C33H27NO2/c1-32-33(19-20-36-32,29-13-7-8-14-31(29)34-32)30(22-15-17-23(35-2)18-16-22)21-28-26-11-5-3-9-24(26)25-10-4-6-12-27(25)28/h3-18,34H,19-20H2,1-2H3/t32-,33-/m0/s1. The van der Waals surface area contributed by atoms with Crippen molar-refractivity contribution in [3.05, 3.63) is 125 Å². The zero-order chi connectivity index (χ0) is 24.3. The largest absolute Gasteiger partial charge is 0.497 e. The number of para-hydroxylation sites is 1. The van der Waals surface area contributed by atoms with E-state index in [1.807, 2.05) is 12.1 Å². The van der Waals surface area contributed by atoms with Gasteiger partial charge in [0.2, 0.25) is 0 Å². The van der Waals surface area contributed by atoms with Crippen molar-refractivity contribution >= 4 is 16.8 Å².